The first-order valence-corrected chi connectivity index (χ1v) is 8.66. The molecule has 1 amide bonds. The summed E-state index contributed by atoms with van der Waals surface area (Å²) in [5.41, 5.74) is 1.05. The van der Waals surface area contributed by atoms with E-state index in [1.54, 1.807) is 31.5 Å². The molecule has 3 rings (SSSR count). The molecular formula is C18H21ClN4O2. The van der Waals surface area contributed by atoms with Crippen LogP contribution in [0, 0.1) is 5.92 Å². The summed E-state index contributed by atoms with van der Waals surface area (Å²) in [4.78, 5) is 22.9. The number of hydrogen-bond acceptors (Lipinski definition) is 5. The largest absolute Gasteiger partial charge is 0.495 e. The van der Waals surface area contributed by atoms with Crippen molar-refractivity contribution in [3.05, 3.63) is 41.3 Å². The molecule has 0 spiro atoms. The molecule has 1 atom stereocenters. The fraction of sp³-hybridized carbons (Fsp3) is 0.389. The van der Waals surface area contributed by atoms with Gasteiger partial charge in [-0.1, -0.05) is 18.5 Å². The number of piperidine rings is 1. The lowest BCUT2D eigenvalue weighted by molar-refractivity contribution is 0.0676. The van der Waals surface area contributed by atoms with E-state index in [1.807, 2.05) is 4.90 Å². The average Bonchev–Trinajstić information content (AvgIpc) is 2.62. The number of carbonyl (C=O) groups excluding carboxylic acids is 1. The zero-order valence-corrected chi connectivity index (χ0v) is 15.1. The van der Waals surface area contributed by atoms with Crippen molar-refractivity contribution in [2.75, 3.05) is 25.5 Å². The minimum absolute atomic E-state index is 0.0639. The number of methoxy groups -OCH3 is 1. The lowest BCUT2D eigenvalue weighted by atomic mass is 10.0. The first-order chi connectivity index (χ1) is 12.1. The Hall–Kier alpha value is -2.34. The van der Waals surface area contributed by atoms with Gasteiger partial charge in [0.05, 0.1) is 25.2 Å². The second-order valence-electron chi connectivity index (χ2n) is 6.26. The molecule has 2 heterocycles. The van der Waals surface area contributed by atoms with Gasteiger partial charge < -0.3 is 15.0 Å². The van der Waals surface area contributed by atoms with Crippen molar-refractivity contribution in [3.8, 4) is 5.75 Å². The van der Waals surface area contributed by atoms with E-state index in [0.717, 1.165) is 19.5 Å². The molecule has 1 fully saturated rings. The molecule has 0 saturated carbocycles. The Bertz CT molecular complexity index is 751. The molecule has 0 radical (unpaired) electrons. The van der Waals surface area contributed by atoms with E-state index < -0.39 is 0 Å². The lowest BCUT2D eigenvalue weighted by Gasteiger charge is -2.30. The lowest BCUT2D eigenvalue weighted by Crippen LogP contribution is -2.39. The predicted molar refractivity (Wildman–Crippen MR) is 97.6 cm³/mol. The van der Waals surface area contributed by atoms with Gasteiger partial charge in [0.2, 0.25) is 0 Å². The SMILES string of the molecule is COc1ccc(Cl)cc1Nc1cnc(C(=O)N2CCCC(C)C2)cn1. The zero-order valence-electron chi connectivity index (χ0n) is 14.3. The molecular weight excluding hydrogens is 340 g/mol. The highest BCUT2D eigenvalue weighted by Crippen LogP contribution is 2.29. The number of likely N-dealkylation sites (tertiary alicyclic amines) is 1. The fourth-order valence-electron chi connectivity index (χ4n) is 2.95. The van der Waals surface area contributed by atoms with Crippen molar-refractivity contribution in [1.29, 1.82) is 0 Å². The topological polar surface area (TPSA) is 67.3 Å². The van der Waals surface area contributed by atoms with E-state index in [-0.39, 0.29) is 5.91 Å². The third-order valence-corrected chi connectivity index (χ3v) is 4.47. The Morgan fingerprint density at radius 3 is 2.88 bits per heavy atom. The molecule has 7 heteroatoms. The van der Waals surface area contributed by atoms with Crippen LogP contribution in [0.4, 0.5) is 11.5 Å². The van der Waals surface area contributed by atoms with Crippen molar-refractivity contribution >= 4 is 29.0 Å². The van der Waals surface area contributed by atoms with Gasteiger partial charge in [-0.15, -0.1) is 0 Å². The number of aromatic nitrogens is 2. The number of amides is 1. The monoisotopic (exact) mass is 360 g/mol. The van der Waals surface area contributed by atoms with Crippen LogP contribution < -0.4 is 10.1 Å². The number of nitrogens with one attached hydrogen (secondary N) is 1. The summed E-state index contributed by atoms with van der Waals surface area (Å²) in [6.45, 7) is 3.72. The second kappa shape index (κ2) is 7.70. The number of benzene rings is 1. The van der Waals surface area contributed by atoms with Gasteiger partial charge in [0, 0.05) is 18.1 Å². The zero-order chi connectivity index (χ0) is 17.8. The first kappa shape index (κ1) is 17.5. The maximum atomic E-state index is 12.5. The molecule has 1 unspecified atom stereocenters. The van der Waals surface area contributed by atoms with Crippen molar-refractivity contribution in [3.63, 3.8) is 0 Å². The molecule has 1 aromatic heterocycles. The first-order valence-electron chi connectivity index (χ1n) is 8.28. The van der Waals surface area contributed by atoms with E-state index in [2.05, 4.69) is 22.2 Å². The van der Waals surface area contributed by atoms with Gasteiger partial charge in [-0.05, 0) is 37.0 Å². The van der Waals surface area contributed by atoms with Crippen LogP contribution in [0.25, 0.3) is 0 Å². The summed E-state index contributed by atoms with van der Waals surface area (Å²) in [7, 11) is 1.58. The summed E-state index contributed by atoms with van der Waals surface area (Å²) in [6.07, 6.45) is 5.25. The van der Waals surface area contributed by atoms with Crippen LogP contribution in [-0.2, 0) is 0 Å². The molecule has 25 heavy (non-hydrogen) atoms. The number of carbonyl (C=O) groups is 1. The average molecular weight is 361 g/mol. The molecule has 1 aliphatic rings. The summed E-state index contributed by atoms with van der Waals surface area (Å²) < 4.78 is 5.29. The highest BCUT2D eigenvalue weighted by molar-refractivity contribution is 6.31. The van der Waals surface area contributed by atoms with E-state index >= 15 is 0 Å². The van der Waals surface area contributed by atoms with Crippen LogP contribution in [0.15, 0.2) is 30.6 Å². The highest BCUT2D eigenvalue weighted by Gasteiger charge is 2.23. The van der Waals surface area contributed by atoms with E-state index in [4.69, 9.17) is 16.3 Å². The Kier molecular flexibility index (Phi) is 5.38. The maximum Gasteiger partial charge on any atom is 0.274 e. The van der Waals surface area contributed by atoms with Crippen molar-refractivity contribution in [2.24, 2.45) is 5.92 Å². The quantitative estimate of drug-likeness (QED) is 0.899. The summed E-state index contributed by atoms with van der Waals surface area (Å²) in [6, 6.07) is 5.27. The third kappa shape index (κ3) is 4.20. The number of anilines is 2. The van der Waals surface area contributed by atoms with Gasteiger partial charge in [0.1, 0.15) is 17.3 Å². The Morgan fingerprint density at radius 1 is 1.36 bits per heavy atom. The summed E-state index contributed by atoms with van der Waals surface area (Å²) in [5.74, 6) is 1.63. The minimum Gasteiger partial charge on any atom is -0.495 e. The van der Waals surface area contributed by atoms with Gasteiger partial charge in [-0.3, -0.25) is 4.79 Å². The Labute approximate surface area is 152 Å². The van der Waals surface area contributed by atoms with Crippen LogP contribution in [-0.4, -0.2) is 41.0 Å². The van der Waals surface area contributed by atoms with Crippen LogP contribution in [0.1, 0.15) is 30.3 Å². The molecule has 132 valence electrons. The molecule has 1 aromatic carbocycles. The second-order valence-corrected chi connectivity index (χ2v) is 6.69. The molecule has 1 saturated heterocycles. The van der Waals surface area contributed by atoms with Gasteiger partial charge in [-0.25, -0.2) is 9.97 Å². The number of ether oxygens (including phenoxy) is 1. The van der Waals surface area contributed by atoms with Gasteiger partial charge in [0.15, 0.2) is 0 Å². The smallest absolute Gasteiger partial charge is 0.274 e. The van der Waals surface area contributed by atoms with E-state index in [0.29, 0.717) is 33.9 Å². The highest BCUT2D eigenvalue weighted by atomic mass is 35.5. The molecule has 6 nitrogen and oxygen atoms in total. The Balaban J connectivity index is 1.72. The van der Waals surface area contributed by atoms with Gasteiger partial charge in [0.25, 0.3) is 5.91 Å². The summed E-state index contributed by atoms with van der Waals surface area (Å²) in [5, 5.41) is 3.69. The maximum absolute atomic E-state index is 12.5. The molecule has 0 bridgehead atoms. The van der Waals surface area contributed by atoms with Crippen LogP contribution >= 0.6 is 11.6 Å². The number of hydrogen-bond donors (Lipinski definition) is 1. The Morgan fingerprint density at radius 2 is 2.20 bits per heavy atom. The van der Waals surface area contributed by atoms with E-state index in [1.165, 1.54) is 12.6 Å². The third-order valence-electron chi connectivity index (χ3n) is 4.24. The van der Waals surface area contributed by atoms with Crippen molar-refractivity contribution in [1.82, 2.24) is 14.9 Å². The van der Waals surface area contributed by atoms with Gasteiger partial charge in [-0.2, -0.15) is 0 Å². The molecule has 0 aliphatic carbocycles. The fourth-order valence-corrected chi connectivity index (χ4v) is 3.13. The molecule has 2 aromatic rings. The van der Waals surface area contributed by atoms with Crippen molar-refractivity contribution < 1.29 is 9.53 Å². The van der Waals surface area contributed by atoms with Crippen molar-refractivity contribution in [2.45, 2.75) is 19.8 Å². The number of nitrogens with zero attached hydrogens (tertiary/aromatic N) is 3. The molecule has 1 aliphatic heterocycles. The van der Waals surface area contributed by atoms with Crippen LogP contribution in [0.3, 0.4) is 0 Å². The number of halogens is 1. The predicted octanol–water partition coefficient (Wildman–Crippen LogP) is 3.75. The number of rotatable bonds is 4. The normalized spacial score (nSPS) is 17.2. The molecule has 1 N–H and O–H groups in total. The van der Waals surface area contributed by atoms with Crippen LogP contribution in [0.5, 0.6) is 5.75 Å². The summed E-state index contributed by atoms with van der Waals surface area (Å²) >= 11 is 6.02. The standard InChI is InChI=1S/C18H21ClN4O2/c1-12-4-3-7-23(11-12)18(24)15-9-21-17(10-20-15)22-14-8-13(19)5-6-16(14)25-2/h5-6,8-10,12H,3-4,7,11H2,1-2H3,(H,21,22). The van der Waals surface area contributed by atoms with Crippen LogP contribution in [0.2, 0.25) is 5.02 Å². The van der Waals surface area contributed by atoms with E-state index in [9.17, 15) is 4.79 Å². The van der Waals surface area contributed by atoms with Gasteiger partial charge >= 0.3 is 0 Å². The minimum atomic E-state index is -0.0639.